The van der Waals surface area contributed by atoms with Gasteiger partial charge in [0, 0.05) is 18.8 Å². The van der Waals surface area contributed by atoms with Gasteiger partial charge in [-0.25, -0.2) is 9.59 Å². The van der Waals surface area contributed by atoms with E-state index in [1.54, 1.807) is 0 Å². The Labute approximate surface area is 278 Å². The fraction of sp³-hybridized carbons (Fsp3) is 0.146. The second-order valence-electron chi connectivity index (χ2n) is 12.2. The first-order valence-electron chi connectivity index (χ1n) is 16.0. The molecule has 2 amide bonds. The van der Waals surface area contributed by atoms with Crippen LogP contribution >= 0.6 is 0 Å². The molecule has 0 unspecified atom stereocenters. The molecule has 48 heavy (non-hydrogen) atoms. The van der Waals surface area contributed by atoms with Crippen molar-refractivity contribution < 1.29 is 24.2 Å². The van der Waals surface area contributed by atoms with Crippen LogP contribution in [0.15, 0.2) is 133 Å². The van der Waals surface area contributed by atoms with Gasteiger partial charge in [-0.05, 0) is 54.9 Å². The van der Waals surface area contributed by atoms with Crippen molar-refractivity contribution in [3.8, 4) is 11.1 Å². The van der Waals surface area contributed by atoms with Crippen LogP contribution in [0.3, 0.4) is 0 Å². The lowest BCUT2D eigenvalue weighted by Gasteiger charge is -2.22. The van der Waals surface area contributed by atoms with E-state index in [-0.39, 0.29) is 25.4 Å². The molecule has 0 saturated carbocycles. The maximum Gasteiger partial charge on any atom is 0.407 e. The zero-order valence-electron chi connectivity index (χ0n) is 26.1. The van der Waals surface area contributed by atoms with Crippen molar-refractivity contribution in [3.63, 3.8) is 0 Å². The van der Waals surface area contributed by atoms with Crippen LogP contribution in [0.25, 0.3) is 32.7 Å². The van der Waals surface area contributed by atoms with Crippen molar-refractivity contribution in [2.75, 3.05) is 6.61 Å². The van der Waals surface area contributed by atoms with Gasteiger partial charge in [0.15, 0.2) is 0 Å². The largest absolute Gasteiger partial charge is 0.480 e. The van der Waals surface area contributed by atoms with Gasteiger partial charge in [-0.15, -0.1) is 0 Å². The van der Waals surface area contributed by atoms with Gasteiger partial charge < -0.3 is 20.5 Å². The molecular weight excluding hydrogens is 600 g/mol. The van der Waals surface area contributed by atoms with E-state index in [0.29, 0.717) is 0 Å². The van der Waals surface area contributed by atoms with Crippen molar-refractivity contribution in [1.82, 2.24) is 10.6 Å². The summed E-state index contributed by atoms with van der Waals surface area (Å²) in [7, 11) is 0. The first-order chi connectivity index (χ1) is 23.4. The molecule has 1 aliphatic carbocycles. The SMILES string of the molecule is O=C(N[C@H](Cc1ccc2ccccc2c1)C(=O)N[C@H](Cc1ccc2ccccc2c1)C(=O)O)OCC1c2ccccc2-c2ccccc21. The fourth-order valence-corrected chi connectivity index (χ4v) is 6.67. The van der Waals surface area contributed by atoms with Gasteiger partial charge in [0.25, 0.3) is 0 Å². The molecule has 0 aromatic heterocycles. The lowest BCUT2D eigenvalue weighted by atomic mass is 9.98. The number of aliphatic carboxylic acids is 1. The zero-order valence-corrected chi connectivity index (χ0v) is 26.1. The minimum atomic E-state index is -1.21. The molecular formula is C41H34N2O5. The Morgan fingerprint density at radius 3 is 1.60 bits per heavy atom. The zero-order chi connectivity index (χ0) is 33.0. The van der Waals surface area contributed by atoms with Crippen LogP contribution in [-0.4, -0.2) is 41.8 Å². The number of carbonyl (C=O) groups excluding carboxylic acids is 2. The maximum atomic E-state index is 13.8. The fourth-order valence-electron chi connectivity index (χ4n) is 6.67. The normalized spacial score (nSPS) is 13.3. The molecule has 0 fully saturated rings. The summed E-state index contributed by atoms with van der Waals surface area (Å²) in [5.74, 6) is -1.92. The second-order valence-corrected chi connectivity index (χ2v) is 12.2. The average molecular weight is 635 g/mol. The van der Waals surface area contributed by atoms with E-state index in [1.807, 2.05) is 121 Å². The molecule has 0 aliphatic heterocycles. The highest BCUT2D eigenvalue weighted by Crippen LogP contribution is 2.44. The molecule has 238 valence electrons. The number of carboxylic acids is 1. The van der Waals surface area contributed by atoms with Gasteiger partial charge in [0.1, 0.15) is 18.7 Å². The van der Waals surface area contributed by atoms with Gasteiger partial charge in [-0.2, -0.15) is 0 Å². The Balaban J connectivity index is 1.10. The monoisotopic (exact) mass is 634 g/mol. The molecule has 0 spiro atoms. The summed E-state index contributed by atoms with van der Waals surface area (Å²) in [5, 5.41) is 19.6. The molecule has 0 radical (unpaired) electrons. The van der Waals surface area contributed by atoms with E-state index in [9.17, 15) is 19.5 Å². The number of carbonyl (C=O) groups is 3. The molecule has 2 atom stereocenters. The standard InChI is InChI=1S/C41H34N2O5/c44-39(42-38(40(45)46)24-27-18-20-29-10-2-4-12-31(29)22-27)37(23-26-17-19-28-9-1-3-11-30(28)21-26)43-41(47)48-25-36-34-15-7-5-13-32(34)33-14-6-8-16-35(33)36/h1-22,36-38H,23-25H2,(H,42,44)(H,43,47)(H,45,46)/t37-,38-/m1/s1. The van der Waals surface area contributed by atoms with Crippen molar-refractivity contribution >= 4 is 39.5 Å². The number of alkyl carbamates (subject to hydrolysis) is 1. The molecule has 1 aliphatic rings. The molecule has 7 rings (SSSR count). The number of benzene rings is 6. The summed E-state index contributed by atoms with van der Waals surface area (Å²) in [6, 6.07) is 41.1. The molecule has 7 nitrogen and oxygen atoms in total. The minimum Gasteiger partial charge on any atom is -0.480 e. The third-order valence-electron chi connectivity index (χ3n) is 9.07. The predicted molar refractivity (Wildman–Crippen MR) is 187 cm³/mol. The molecule has 0 heterocycles. The molecule has 3 N–H and O–H groups in total. The highest BCUT2D eigenvalue weighted by atomic mass is 16.5. The van der Waals surface area contributed by atoms with Crippen LogP contribution in [0.1, 0.15) is 28.2 Å². The number of rotatable bonds is 10. The van der Waals surface area contributed by atoms with Gasteiger partial charge >= 0.3 is 12.1 Å². The van der Waals surface area contributed by atoms with Crippen LogP contribution < -0.4 is 10.6 Å². The molecule has 7 heteroatoms. The Hall–Kier alpha value is -5.95. The average Bonchev–Trinajstić information content (AvgIpc) is 3.43. The Kier molecular flexibility index (Phi) is 8.58. The smallest absolute Gasteiger partial charge is 0.407 e. The number of carboxylic acid groups (broad SMARTS) is 1. The topological polar surface area (TPSA) is 105 Å². The van der Waals surface area contributed by atoms with Crippen molar-refractivity contribution in [3.05, 3.63) is 156 Å². The highest BCUT2D eigenvalue weighted by molar-refractivity contribution is 5.90. The Morgan fingerprint density at radius 2 is 1.06 bits per heavy atom. The predicted octanol–water partition coefficient (Wildman–Crippen LogP) is 7.25. The summed E-state index contributed by atoms with van der Waals surface area (Å²) < 4.78 is 5.77. The number of fused-ring (bicyclic) bond motifs is 5. The van der Waals surface area contributed by atoms with E-state index < -0.39 is 30.1 Å². The molecule has 6 aromatic carbocycles. The Bertz CT molecular complexity index is 2110. The van der Waals surface area contributed by atoms with Gasteiger partial charge in [0.05, 0.1) is 0 Å². The lowest BCUT2D eigenvalue weighted by molar-refractivity contribution is -0.142. The number of nitrogens with one attached hydrogen (secondary N) is 2. The Morgan fingerprint density at radius 1 is 0.583 bits per heavy atom. The number of ether oxygens (including phenoxy) is 1. The molecule has 0 saturated heterocycles. The summed E-state index contributed by atoms with van der Waals surface area (Å²) in [6.07, 6.45) is -0.526. The summed E-state index contributed by atoms with van der Waals surface area (Å²) in [5.41, 5.74) is 5.97. The van der Waals surface area contributed by atoms with Gasteiger partial charge in [-0.1, -0.05) is 133 Å². The van der Waals surface area contributed by atoms with Crippen LogP contribution in [-0.2, 0) is 27.2 Å². The van der Waals surface area contributed by atoms with Crippen LogP contribution in [0, 0.1) is 0 Å². The van der Waals surface area contributed by atoms with Crippen molar-refractivity contribution in [2.45, 2.75) is 30.8 Å². The summed E-state index contributed by atoms with van der Waals surface area (Å²) in [6.45, 7) is 0.0872. The highest BCUT2D eigenvalue weighted by Gasteiger charge is 2.31. The number of hydrogen-bond donors (Lipinski definition) is 3. The first kappa shape index (κ1) is 30.7. The van der Waals surface area contributed by atoms with Crippen LogP contribution in [0.2, 0.25) is 0 Å². The summed E-state index contributed by atoms with van der Waals surface area (Å²) >= 11 is 0. The van der Waals surface area contributed by atoms with E-state index in [4.69, 9.17) is 4.74 Å². The third-order valence-corrected chi connectivity index (χ3v) is 9.07. The van der Waals surface area contributed by atoms with E-state index >= 15 is 0 Å². The van der Waals surface area contributed by atoms with Gasteiger partial charge in [0.2, 0.25) is 5.91 Å². The van der Waals surface area contributed by atoms with Gasteiger partial charge in [-0.3, -0.25) is 4.79 Å². The van der Waals surface area contributed by atoms with E-state index in [1.165, 1.54) is 0 Å². The van der Waals surface area contributed by atoms with Crippen LogP contribution in [0.5, 0.6) is 0 Å². The second kappa shape index (κ2) is 13.4. The summed E-state index contributed by atoms with van der Waals surface area (Å²) in [4.78, 5) is 39.5. The molecule has 0 bridgehead atoms. The lowest BCUT2D eigenvalue weighted by Crippen LogP contribution is -2.53. The maximum absolute atomic E-state index is 13.8. The quantitative estimate of drug-likeness (QED) is 0.147. The van der Waals surface area contributed by atoms with E-state index in [2.05, 4.69) is 22.8 Å². The van der Waals surface area contributed by atoms with Crippen molar-refractivity contribution in [2.24, 2.45) is 0 Å². The third kappa shape index (κ3) is 6.48. The van der Waals surface area contributed by atoms with Crippen molar-refractivity contribution in [1.29, 1.82) is 0 Å². The number of amides is 2. The van der Waals surface area contributed by atoms with Crippen LogP contribution in [0.4, 0.5) is 4.79 Å². The molecule has 6 aromatic rings. The number of hydrogen-bond acceptors (Lipinski definition) is 4. The minimum absolute atomic E-state index is 0.0829. The van der Waals surface area contributed by atoms with E-state index in [0.717, 1.165) is 54.9 Å². The first-order valence-corrected chi connectivity index (χ1v) is 16.0.